The Morgan fingerprint density at radius 2 is 2.59 bits per heavy atom. The van der Waals surface area contributed by atoms with Crippen molar-refractivity contribution in [3.63, 3.8) is 0 Å². The maximum absolute atomic E-state index is 11.6. The number of imidazole rings is 1. The lowest BCUT2D eigenvalue weighted by Gasteiger charge is -2.23. The zero-order valence-electron chi connectivity index (χ0n) is 10.3. The number of piperidine rings is 1. The monoisotopic (exact) mass is 236 g/mol. The van der Waals surface area contributed by atoms with Gasteiger partial charge >= 0.3 is 0 Å². The molecule has 1 aliphatic rings. The molecule has 1 unspecified atom stereocenters. The van der Waals surface area contributed by atoms with E-state index in [4.69, 9.17) is 0 Å². The van der Waals surface area contributed by atoms with E-state index in [-0.39, 0.29) is 5.91 Å². The van der Waals surface area contributed by atoms with Gasteiger partial charge < -0.3 is 15.2 Å². The predicted octanol–water partition coefficient (Wildman–Crippen LogP) is 0.486. The van der Waals surface area contributed by atoms with Crippen molar-refractivity contribution in [2.24, 2.45) is 0 Å². The van der Waals surface area contributed by atoms with Gasteiger partial charge in [-0.15, -0.1) is 0 Å². The maximum atomic E-state index is 11.6. The largest absolute Gasteiger partial charge is 0.355 e. The number of likely N-dealkylation sites (N-methyl/N-ethyl adjacent to an activating group) is 1. The van der Waals surface area contributed by atoms with E-state index in [1.54, 1.807) is 6.33 Å². The van der Waals surface area contributed by atoms with Crippen LogP contribution in [0.5, 0.6) is 0 Å². The summed E-state index contributed by atoms with van der Waals surface area (Å²) in [5.41, 5.74) is 1.17. The van der Waals surface area contributed by atoms with Gasteiger partial charge in [0.25, 0.3) is 0 Å². The van der Waals surface area contributed by atoms with Crippen molar-refractivity contribution in [2.75, 3.05) is 19.6 Å². The molecule has 0 aromatic carbocycles. The van der Waals surface area contributed by atoms with Crippen molar-refractivity contribution in [1.82, 2.24) is 20.2 Å². The van der Waals surface area contributed by atoms with Crippen molar-refractivity contribution in [3.8, 4) is 0 Å². The highest BCUT2D eigenvalue weighted by Gasteiger charge is 2.19. The first-order valence-corrected chi connectivity index (χ1v) is 6.28. The van der Waals surface area contributed by atoms with Gasteiger partial charge in [0.05, 0.1) is 6.33 Å². The maximum Gasteiger partial charge on any atom is 0.239 e. The normalized spacial score (nSPS) is 20.2. The number of nitrogens with zero attached hydrogens (tertiary/aromatic N) is 2. The van der Waals surface area contributed by atoms with Crippen LogP contribution in [0, 0.1) is 0 Å². The molecule has 1 aromatic rings. The molecular weight excluding hydrogens is 216 g/mol. The van der Waals surface area contributed by atoms with Crippen LogP contribution >= 0.6 is 0 Å². The number of amides is 1. The Kier molecular flexibility index (Phi) is 4.14. The summed E-state index contributed by atoms with van der Waals surface area (Å²) in [6, 6.07) is 0. The second-order valence-electron chi connectivity index (χ2n) is 4.44. The highest BCUT2D eigenvalue weighted by atomic mass is 16.1. The third-order valence-corrected chi connectivity index (χ3v) is 3.15. The third-order valence-electron chi connectivity index (χ3n) is 3.15. The predicted molar refractivity (Wildman–Crippen MR) is 65.8 cm³/mol. The van der Waals surface area contributed by atoms with Gasteiger partial charge in [-0.1, -0.05) is 0 Å². The quantitative estimate of drug-likeness (QED) is 0.799. The van der Waals surface area contributed by atoms with Crippen LogP contribution in [0.3, 0.4) is 0 Å². The van der Waals surface area contributed by atoms with E-state index in [0.29, 0.717) is 19.0 Å². The first kappa shape index (κ1) is 12.1. The van der Waals surface area contributed by atoms with Crippen LogP contribution in [0.15, 0.2) is 12.5 Å². The molecule has 1 saturated heterocycles. The topological polar surface area (TPSA) is 59.0 Å². The third kappa shape index (κ3) is 3.06. The zero-order chi connectivity index (χ0) is 12.1. The average molecular weight is 236 g/mol. The summed E-state index contributed by atoms with van der Waals surface area (Å²) >= 11 is 0. The highest BCUT2D eigenvalue weighted by molar-refractivity contribution is 5.75. The lowest BCUT2D eigenvalue weighted by atomic mass is 9.96. The molecule has 0 aliphatic carbocycles. The summed E-state index contributed by atoms with van der Waals surface area (Å²) in [6.45, 7) is 5.06. The number of aromatic nitrogens is 2. The van der Waals surface area contributed by atoms with Gasteiger partial charge in [0.2, 0.25) is 5.91 Å². The van der Waals surface area contributed by atoms with Crippen molar-refractivity contribution in [2.45, 2.75) is 32.2 Å². The number of hydrogen-bond acceptors (Lipinski definition) is 3. The molecule has 1 atom stereocenters. The van der Waals surface area contributed by atoms with Crippen molar-refractivity contribution < 1.29 is 4.79 Å². The highest BCUT2D eigenvalue weighted by Crippen LogP contribution is 2.22. The molecule has 0 spiro atoms. The van der Waals surface area contributed by atoms with E-state index in [1.165, 1.54) is 18.5 Å². The van der Waals surface area contributed by atoms with E-state index in [0.717, 1.165) is 13.1 Å². The minimum absolute atomic E-state index is 0.0514. The minimum Gasteiger partial charge on any atom is -0.355 e. The molecule has 2 heterocycles. The molecule has 5 nitrogen and oxygen atoms in total. The number of hydrogen-bond donors (Lipinski definition) is 2. The molecule has 0 radical (unpaired) electrons. The van der Waals surface area contributed by atoms with Gasteiger partial charge in [0.1, 0.15) is 6.54 Å². The van der Waals surface area contributed by atoms with E-state index in [9.17, 15) is 4.79 Å². The van der Waals surface area contributed by atoms with Crippen LogP contribution in [-0.2, 0) is 11.3 Å². The van der Waals surface area contributed by atoms with Gasteiger partial charge in [-0.05, 0) is 26.3 Å². The Labute approximate surface area is 102 Å². The number of rotatable bonds is 4. The lowest BCUT2D eigenvalue weighted by Crippen LogP contribution is -2.31. The second-order valence-corrected chi connectivity index (χ2v) is 4.44. The lowest BCUT2D eigenvalue weighted by molar-refractivity contribution is -0.121. The molecule has 1 fully saturated rings. The van der Waals surface area contributed by atoms with E-state index in [1.807, 2.05) is 17.7 Å². The Bertz CT molecular complexity index is 368. The van der Waals surface area contributed by atoms with Crippen LogP contribution in [0.2, 0.25) is 0 Å². The molecule has 2 rings (SSSR count). The molecule has 0 bridgehead atoms. The molecule has 2 N–H and O–H groups in total. The SMILES string of the molecule is CCNC(=O)Cn1cncc1C1CCCNC1. The fraction of sp³-hybridized carbons (Fsp3) is 0.667. The molecule has 1 amide bonds. The Morgan fingerprint density at radius 3 is 3.29 bits per heavy atom. The summed E-state index contributed by atoms with van der Waals surface area (Å²) in [7, 11) is 0. The van der Waals surface area contributed by atoms with E-state index >= 15 is 0 Å². The van der Waals surface area contributed by atoms with E-state index in [2.05, 4.69) is 15.6 Å². The standard InChI is InChI=1S/C12H20N4O/c1-2-15-12(17)8-16-9-14-7-11(16)10-4-3-5-13-6-10/h7,9-10,13H,2-6,8H2,1H3,(H,15,17). The van der Waals surface area contributed by atoms with Crippen LogP contribution in [0.1, 0.15) is 31.4 Å². The Morgan fingerprint density at radius 1 is 1.71 bits per heavy atom. The first-order valence-electron chi connectivity index (χ1n) is 6.28. The molecular formula is C12H20N4O. The fourth-order valence-electron chi connectivity index (χ4n) is 2.32. The second kappa shape index (κ2) is 5.82. The number of carbonyl (C=O) groups is 1. The number of carbonyl (C=O) groups excluding carboxylic acids is 1. The van der Waals surface area contributed by atoms with Crippen LogP contribution in [0.25, 0.3) is 0 Å². The summed E-state index contributed by atoms with van der Waals surface area (Å²) < 4.78 is 1.96. The van der Waals surface area contributed by atoms with Crippen LogP contribution in [-0.4, -0.2) is 35.1 Å². The summed E-state index contributed by atoms with van der Waals surface area (Å²) in [4.78, 5) is 15.7. The van der Waals surface area contributed by atoms with Gasteiger partial charge in [0, 0.05) is 30.9 Å². The van der Waals surface area contributed by atoms with Gasteiger partial charge in [-0.2, -0.15) is 0 Å². The molecule has 1 aromatic heterocycles. The smallest absolute Gasteiger partial charge is 0.239 e. The summed E-state index contributed by atoms with van der Waals surface area (Å²) in [5.74, 6) is 0.538. The zero-order valence-corrected chi connectivity index (χ0v) is 10.3. The summed E-state index contributed by atoms with van der Waals surface area (Å²) in [6.07, 6.45) is 6.00. The Balaban J connectivity index is 2.02. The van der Waals surface area contributed by atoms with Gasteiger partial charge in [0.15, 0.2) is 0 Å². The molecule has 1 aliphatic heterocycles. The van der Waals surface area contributed by atoms with Gasteiger partial charge in [-0.3, -0.25) is 4.79 Å². The fourth-order valence-corrected chi connectivity index (χ4v) is 2.32. The minimum atomic E-state index is 0.0514. The Hall–Kier alpha value is -1.36. The summed E-state index contributed by atoms with van der Waals surface area (Å²) in [5, 5.41) is 6.20. The molecule has 94 valence electrons. The van der Waals surface area contributed by atoms with Crippen LogP contribution in [0.4, 0.5) is 0 Å². The van der Waals surface area contributed by atoms with Crippen molar-refractivity contribution >= 4 is 5.91 Å². The van der Waals surface area contributed by atoms with Crippen molar-refractivity contribution in [3.05, 3.63) is 18.2 Å². The average Bonchev–Trinajstić information content (AvgIpc) is 2.78. The van der Waals surface area contributed by atoms with Crippen LogP contribution < -0.4 is 10.6 Å². The molecule has 17 heavy (non-hydrogen) atoms. The number of nitrogens with one attached hydrogen (secondary N) is 2. The molecule has 0 saturated carbocycles. The first-order chi connectivity index (χ1) is 8.31. The van der Waals surface area contributed by atoms with Crippen molar-refractivity contribution in [1.29, 1.82) is 0 Å². The van der Waals surface area contributed by atoms with Gasteiger partial charge in [-0.25, -0.2) is 4.98 Å². The molecule has 5 heteroatoms. The van der Waals surface area contributed by atoms with E-state index < -0.39 is 0 Å².